The summed E-state index contributed by atoms with van der Waals surface area (Å²) in [4.78, 5) is 26.4. The van der Waals surface area contributed by atoms with E-state index in [0.29, 0.717) is 17.9 Å². The summed E-state index contributed by atoms with van der Waals surface area (Å²) in [5.41, 5.74) is 2.71. The van der Waals surface area contributed by atoms with Crippen LogP contribution < -0.4 is 10.9 Å². The van der Waals surface area contributed by atoms with E-state index in [2.05, 4.69) is 15.4 Å². The molecule has 0 aliphatic carbocycles. The number of nitrogens with zero attached hydrogens (tertiary/aromatic N) is 2. The second-order valence-corrected chi connectivity index (χ2v) is 5.86. The second-order valence-electron chi connectivity index (χ2n) is 5.86. The molecule has 2 aromatic rings. The number of ether oxygens (including phenoxy) is 1. The SMILES string of the molecule is Cc1nn(C)cc1[C@H]1OCC[C@@H]1NC(=O)c1ccc(=O)[nH]c1C. The van der Waals surface area contributed by atoms with Crippen molar-refractivity contribution < 1.29 is 9.53 Å². The lowest BCUT2D eigenvalue weighted by Crippen LogP contribution is -2.37. The van der Waals surface area contributed by atoms with E-state index in [1.807, 2.05) is 20.2 Å². The van der Waals surface area contributed by atoms with Crippen molar-refractivity contribution in [3.63, 3.8) is 0 Å². The lowest BCUT2D eigenvalue weighted by molar-refractivity contribution is 0.0818. The number of hydrogen-bond acceptors (Lipinski definition) is 4. The summed E-state index contributed by atoms with van der Waals surface area (Å²) in [6.07, 6.45) is 2.47. The third-order valence-corrected chi connectivity index (χ3v) is 4.13. The molecule has 23 heavy (non-hydrogen) atoms. The van der Waals surface area contributed by atoms with E-state index in [-0.39, 0.29) is 23.6 Å². The molecule has 1 aliphatic heterocycles. The Morgan fingerprint density at radius 3 is 2.87 bits per heavy atom. The summed E-state index contributed by atoms with van der Waals surface area (Å²) >= 11 is 0. The number of carbonyl (C=O) groups excluding carboxylic acids is 1. The number of hydrogen-bond donors (Lipinski definition) is 2. The number of amides is 1. The minimum absolute atomic E-state index is 0.114. The van der Waals surface area contributed by atoms with Crippen LogP contribution in [0.25, 0.3) is 0 Å². The minimum Gasteiger partial charge on any atom is -0.371 e. The summed E-state index contributed by atoms with van der Waals surface area (Å²) in [5, 5.41) is 7.35. The van der Waals surface area contributed by atoms with E-state index in [1.54, 1.807) is 17.7 Å². The first kappa shape index (κ1) is 15.5. The van der Waals surface area contributed by atoms with Gasteiger partial charge in [-0.05, 0) is 26.3 Å². The highest BCUT2D eigenvalue weighted by molar-refractivity contribution is 5.95. The van der Waals surface area contributed by atoms with Crippen molar-refractivity contribution >= 4 is 5.91 Å². The Labute approximate surface area is 133 Å². The van der Waals surface area contributed by atoms with Gasteiger partial charge in [0.1, 0.15) is 6.10 Å². The van der Waals surface area contributed by atoms with Crippen molar-refractivity contribution in [3.8, 4) is 0 Å². The summed E-state index contributed by atoms with van der Waals surface area (Å²) in [5.74, 6) is -0.208. The molecule has 1 amide bonds. The average Bonchev–Trinajstić information content (AvgIpc) is 3.04. The van der Waals surface area contributed by atoms with E-state index in [9.17, 15) is 9.59 Å². The molecule has 0 unspecified atom stereocenters. The van der Waals surface area contributed by atoms with Crippen molar-refractivity contribution in [2.45, 2.75) is 32.4 Å². The van der Waals surface area contributed by atoms with E-state index in [0.717, 1.165) is 17.7 Å². The van der Waals surface area contributed by atoms with Crippen LogP contribution in [0.2, 0.25) is 0 Å². The van der Waals surface area contributed by atoms with Gasteiger partial charge in [-0.15, -0.1) is 0 Å². The molecule has 3 heterocycles. The standard InChI is InChI=1S/C16H20N4O3/c1-9-11(4-5-14(21)17-9)16(22)18-13-6-7-23-15(13)12-8-20(3)19-10(12)2/h4-5,8,13,15H,6-7H2,1-3H3,(H,17,21)(H,18,22)/t13-,15+/m0/s1. The summed E-state index contributed by atoms with van der Waals surface area (Å²) < 4.78 is 7.55. The van der Waals surface area contributed by atoms with E-state index >= 15 is 0 Å². The molecule has 1 fully saturated rings. The van der Waals surface area contributed by atoms with Crippen LogP contribution >= 0.6 is 0 Å². The monoisotopic (exact) mass is 316 g/mol. The molecule has 0 bridgehead atoms. The zero-order chi connectivity index (χ0) is 16.6. The Morgan fingerprint density at radius 2 is 2.22 bits per heavy atom. The van der Waals surface area contributed by atoms with Gasteiger partial charge in [-0.3, -0.25) is 14.3 Å². The first-order valence-corrected chi connectivity index (χ1v) is 7.58. The second kappa shape index (κ2) is 6.00. The van der Waals surface area contributed by atoms with Crippen molar-refractivity contribution in [3.05, 3.63) is 51.2 Å². The molecule has 1 aliphatic rings. The first-order valence-electron chi connectivity index (χ1n) is 7.58. The van der Waals surface area contributed by atoms with Crippen molar-refractivity contribution in [1.29, 1.82) is 0 Å². The van der Waals surface area contributed by atoms with Crippen molar-refractivity contribution in [1.82, 2.24) is 20.1 Å². The highest BCUT2D eigenvalue weighted by Gasteiger charge is 2.33. The predicted octanol–water partition coefficient (Wildman–Crippen LogP) is 0.985. The van der Waals surface area contributed by atoms with Crippen LogP contribution in [0.5, 0.6) is 0 Å². The number of H-pyrrole nitrogens is 1. The largest absolute Gasteiger partial charge is 0.371 e. The molecule has 7 nitrogen and oxygen atoms in total. The Hall–Kier alpha value is -2.41. The number of rotatable bonds is 3. The lowest BCUT2D eigenvalue weighted by atomic mass is 10.0. The number of aromatic amines is 1. The van der Waals surface area contributed by atoms with E-state index in [1.165, 1.54) is 6.07 Å². The molecule has 3 rings (SSSR count). The highest BCUT2D eigenvalue weighted by atomic mass is 16.5. The molecule has 7 heteroatoms. The fourth-order valence-electron chi connectivity index (χ4n) is 3.01. The van der Waals surface area contributed by atoms with Gasteiger partial charge in [0.15, 0.2) is 0 Å². The van der Waals surface area contributed by atoms with Gasteiger partial charge in [0.2, 0.25) is 5.56 Å². The maximum atomic E-state index is 12.5. The fourth-order valence-corrected chi connectivity index (χ4v) is 3.01. The van der Waals surface area contributed by atoms with Crippen molar-refractivity contribution in [2.24, 2.45) is 7.05 Å². The summed E-state index contributed by atoms with van der Waals surface area (Å²) in [6, 6.07) is 2.79. The van der Waals surface area contributed by atoms with Crippen molar-refractivity contribution in [2.75, 3.05) is 6.61 Å². The van der Waals surface area contributed by atoms with E-state index in [4.69, 9.17) is 4.74 Å². The quantitative estimate of drug-likeness (QED) is 0.883. The van der Waals surface area contributed by atoms with Crippen LogP contribution in [0.15, 0.2) is 23.1 Å². The number of aromatic nitrogens is 3. The third kappa shape index (κ3) is 3.05. The highest BCUT2D eigenvalue weighted by Crippen LogP contribution is 2.31. The Kier molecular flexibility index (Phi) is 4.04. The molecule has 2 atom stereocenters. The minimum atomic E-state index is -0.216. The smallest absolute Gasteiger partial charge is 0.253 e. The summed E-state index contributed by atoms with van der Waals surface area (Å²) in [7, 11) is 1.86. The van der Waals surface area contributed by atoms with Gasteiger partial charge in [-0.2, -0.15) is 5.10 Å². The van der Waals surface area contributed by atoms with Crippen LogP contribution in [0.3, 0.4) is 0 Å². The number of aryl methyl sites for hydroxylation is 3. The van der Waals surface area contributed by atoms with Gasteiger partial charge in [-0.25, -0.2) is 0 Å². The van der Waals surface area contributed by atoms with Crippen LogP contribution in [0, 0.1) is 13.8 Å². The van der Waals surface area contributed by atoms with Crippen LogP contribution in [0.4, 0.5) is 0 Å². The maximum absolute atomic E-state index is 12.5. The maximum Gasteiger partial charge on any atom is 0.253 e. The van der Waals surface area contributed by atoms with Gasteiger partial charge in [0.05, 0.1) is 17.3 Å². The zero-order valence-corrected chi connectivity index (χ0v) is 13.4. The number of nitrogens with one attached hydrogen (secondary N) is 2. The van der Waals surface area contributed by atoms with Crippen LogP contribution in [-0.2, 0) is 11.8 Å². The number of carbonyl (C=O) groups is 1. The predicted molar refractivity (Wildman–Crippen MR) is 84.3 cm³/mol. The molecule has 2 aromatic heterocycles. The van der Waals surface area contributed by atoms with Gasteiger partial charge < -0.3 is 15.0 Å². The van der Waals surface area contributed by atoms with Crippen LogP contribution in [-0.4, -0.2) is 33.3 Å². The fraction of sp³-hybridized carbons (Fsp3) is 0.438. The third-order valence-electron chi connectivity index (χ3n) is 4.13. The number of pyridine rings is 1. The topological polar surface area (TPSA) is 89.0 Å². The summed E-state index contributed by atoms with van der Waals surface area (Å²) in [6.45, 7) is 4.24. The Bertz CT molecular complexity index is 793. The first-order chi connectivity index (χ1) is 11.0. The molecule has 2 N–H and O–H groups in total. The molecule has 1 saturated heterocycles. The normalized spacial score (nSPS) is 20.7. The van der Waals surface area contributed by atoms with Crippen LogP contribution in [0.1, 0.15) is 39.8 Å². The zero-order valence-electron chi connectivity index (χ0n) is 13.4. The van der Waals surface area contributed by atoms with Gasteiger partial charge in [-0.1, -0.05) is 0 Å². The Morgan fingerprint density at radius 1 is 1.43 bits per heavy atom. The molecule has 0 saturated carbocycles. The molecular formula is C16H20N4O3. The van der Waals surface area contributed by atoms with E-state index < -0.39 is 0 Å². The lowest BCUT2D eigenvalue weighted by Gasteiger charge is -2.20. The van der Waals surface area contributed by atoms with Gasteiger partial charge in [0, 0.05) is 37.2 Å². The van der Waals surface area contributed by atoms with Gasteiger partial charge >= 0.3 is 0 Å². The Balaban J connectivity index is 1.80. The molecule has 0 radical (unpaired) electrons. The molecule has 0 spiro atoms. The molecule has 122 valence electrons. The average molecular weight is 316 g/mol. The molecule has 0 aromatic carbocycles. The van der Waals surface area contributed by atoms with Gasteiger partial charge in [0.25, 0.3) is 5.91 Å². The molecular weight excluding hydrogens is 296 g/mol.